The number of phenolic OH excluding ortho intramolecular Hbond substituents is 1. The third-order valence-electron chi connectivity index (χ3n) is 4.74. The van der Waals surface area contributed by atoms with Crippen LogP contribution in [0.2, 0.25) is 0 Å². The van der Waals surface area contributed by atoms with Crippen molar-refractivity contribution in [2.45, 2.75) is 0 Å². The van der Waals surface area contributed by atoms with Crippen molar-refractivity contribution in [1.82, 2.24) is 9.55 Å². The molecule has 150 valence electrons. The van der Waals surface area contributed by atoms with Crippen molar-refractivity contribution in [3.05, 3.63) is 88.5 Å². The number of phenols is 1. The number of ether oxygens (including phenoxy) is 2. The summed E-state index contributed by atoms with van der Waals surface area (Å²) < 4.78 is 11.9. The normalized spacial score (nSPS) is 11.1. The van der Waals surface area contributed by atoms with Crippen molar-refractivity contribution in [2.75, 3.05) is 14.2 Å². The van der Waals surface area contributed by atoms with Gasteiger partial charge in [0.1, 0.15) is 11.6 Å². The van der Waals surface area contributed by atoms with Crippen molar-refractivity contribution in [1.29, 1.82) is 0 Å². The Morgan fingerprint density at radius 1 is 0.933 bits per heavy atom. The molecular formula is C24H20N2O4. The summed E-state index contributed by atoms with van der Waals surface area (Å²) in [6.07, 6.45) is 3.53. The number of benzene rings is 3. The molecule has 0 aliphatic rings. The minimum absolute atomic E-state index is 0.0382. The quantitative estimate of drug-likeness (QED) is 0.541. The predicted molar refractivity (Wildman–Crippen MR) is 117 cm³/mol. The van der Waals surface area contributed by atoms with Crippen LogP contribution in [0.5, 0.6) is 17.2 Å². The van der Waals surface area contributed by atoms with E-state index in [1.165, 1.54) is 7.11 Å². The third-order valence-corrected chi connectivity index (χ3v) is 4.74. The lowest BCUT2D eigenvalue weighted by Gasteiger charge is -2.12. The minimum Gasteiger partial charge on any atom is -0.504 e. The summed E-state index contributed by atoms with van der Waals surface area (Å²) in [6.45, 7) is 0. The summed E-state index contributed by atoms with van der Waals surface area (Å²) in [6, 6.07) is 19.6. The Bertz CT molecular complexity index is 1310. The van der Waals surface area contributed by atoms with Crippen LogP contribution in [-0.4, -0.2) is 28.9 Å². The highest BCUT2D eigenvalue weighted by Crippen LogP contribution is 2.27. The molecule has 1 N–H and O–H groups in total. The molecule has 0 saturated carbocycles. The minimum atomic E-state index is -0.175. The second-order valence-corrected chi connectivity index (χ2v) is 6.59. The molecule has 0 aliphatic carbocycles. The van der Waals surface area contributed by atoms with Crippen LogP contribution < -0.4 is 15.0 Å². The van der Waals surface area contributed by atoms with E-state index in [0.717, 1.165) is 5.56 Å². The van der Waals surface area contributed by atoms with Crippen molar-refractivity contribution >= 4 is 23.1 Å². The van der Waals surface area contributed by atoms with Crippen LogP contribution in [0.1, 0.15) is 11.4 Å². The number of rotatable bonds is 5. The van der Waals surface area contributed by atoms with Crippen LogP contribution in [0.3, 0.4) is 0 Å². The second kappa shape index (κ2) is 8.13. The number of para-hydroxylation sites is 1. The van der Waals surface area contributed by atoms with Gasteiger partial charge in [-0.25, -0.2) is 4.98 Å². The number of aromatic nitrogens is 2. The molecule has 1 heterocycles. The molecule has 6 nitrogen and oxygen atoms in total. The standard InChI is InChI=1S/C24H20N2O4/c1-29-18-7-5-6-17(15-18)26-23(25-20-9-4-3-8-19(20)24(26)28)13-11-16-10-12-22(30-2)21(27)14-16/h3-15,27H,1-2H3. The molecular weight excluding hydrogens is 380 g/mol. The fraction of sp³-hybridized carbons (Fsp3) is 0.0833. The fourth-order valence-corrected chi connectivity index (χ4v) is 3.24. The number of hydrogen-bond acceptors (Lipinski definition) is 5. The van der Waals surface area contributed by atoms with Gasteiger partial charge in [0.05, 0.1) is 30.8 Å². The van der Waals surface area contributed by atoms with Gasteiger partial charge in [-0.15, -0.1) is 0 Å². The highest BCUT2D eigenvalue weighted by Gasteiger charge is 2.12. The predicted octanol–water partition coefficient (Wildman–Crippen LogP) is 4.28. The van der Waals surface area contributed by atoms with E-state index in [0.29, 0.717) is 33.9 Å². The van der Waals surface area contributed by atoms with Gasteiger partial charge in [0.2, 0.25) is 0 Å². The maximum absolute atomic E-state index is 13.3. The van der Waals surface area contributed by atoms with Crippen LogP contribution >= 0.6 is 0 Å². The van der Waals surface area contributed by atoms with Crippen LogP contribution in [0.25, 0.3) is 28.7 Å². The van der Waals surface area contributed by atoms with Gasteiger partial charge in [0.15, 0.2) is 11.5 Å². The van der Waals surface area contributed by atoms with Gasteiger partial charge < -0.3 is 14.6 Å². The van der Waals surface area contributed by atoms with Crippen LogP contribution in [0.15, 0.2) is 71.5 Å². The van der Waals surface area contributed by atoms with Gasteiger partial charge in [-0.05, 0) is 48.0 Å². The molecule has 0 radical (unpaired) electrons. The summed E-state index contributed by atoms with van der Waals surface area (Å²) in [5.41, 5.74) is 1.83. The first-order valence-electron chi connectivity index (χ1n) is 9.32. The first kappa shape index (κ1) is 19.3. The van der Waals surface area contributed by atoms with E-state index < -0.39 is 0 Å². The van der Waals surface area contributed by atoms with Crippen LogP contribution in [0.4, 0.5) is 0 Å². The Labute approximate surface area is 173 Å². The molecule has 1 aromatic heterocycles. The molecule has 0 amide bonds. The van der Waals surface area contributed by atoms with Gasteiger partial charge in [-0.1, -0.05) is 30.3 Å². The Kier molecular flexibility index (Phi) is 5.22. The maximum Gasteiger partial charge on any atom is 0.266 e. The smallest absolute Gasteiger partial charge is 0.266 e. The molecule has 30 heavy (non-hydrogen) atoms. The lowest BCUT2D eigenvalue weighted by molar-refractivity contribution is 0.373. The number of fused-ring (bicyclic) bond motifs is 1. The topological polar surface area (TPSA) is 73.6 Å². The molecule has 0 bridgehead atoms. The molecule has 4 rings (SSSR count). The summed E-state index contributed by atoms with van der Waals surface area (Å²) >= 11 is 0. The highest BCUT2D eigenvalue weighted by atomic mass is 16.5. The van der Waals surface area contributed by atoms with E-state index in [9.17, 15) is 9.90 Å². The molecule has 6 heteroatoms. The lowest BCUT2D eigenvalue weighted by Crippen LogP contribution is -2.22. The molecule has 0 saturated heterocycles. The average molecular weight is 400 g/mol. The van der Waals surface area contributed by atoms with Gasteiger partial charge >= 0.3 is 0 Å². The summed E-state index contributed by atoms with van der Waals surface area (Å²) in [4.78, 5) is 18.0. The zero-order valence-electron chi connectivity index (χ0n) is 16.6. The average Bonchev–Trinajstić information content (AvgIpc) is 2.78. The van der Waals surface area contributed by atoms with Gasteiger partial charge in [0, 0.05) is 6.07 Å². The molecule has 3 aromatic carbocycles. The Morgan fingerprint density at radius 3 is 2.53 bits per heavy atom. The number of aromatic hydroxyl groups is 1. The van der Waals surface area contributed by atoms with Crippen molar-refractivity contribution in [3.63, 3.8) is 0 Å². The Morgan fingerprint density at radius 2 is 1.77 bits per heavy atom. The summed E-state index contributed by atoms with van der Waals surface area (Å²) in [7, 11) is 3.08. The van der Waals surface area contributed by atoms with E-state index >= 15 is 0 Å². The lowest BCUT2D eigenvalue weighted by atomic mass is 10.1. The zero-order valence-corrected chi connectivity index (χ0v) is 16.6. The van der Waals surface area contributed by atoms with Crippen molar-refractivity contribution in [3.8, 4) is 22.9 Å². The number of methoxy groups -OCH3 is 2. The third kappa shape index (κ3) is 3.63. The first-order chi connectivity index (χ1) is 14.6. The monoisotopic (exact) mass is 400 g/mol. The van der Waals surface area contributed by atoms with Gasteiger partial charge in [0.25, 0.3) is 5.56 Å². The van der Waals surface area contributed by atoms with Crippen LogP contribution in [-0.2, 0) is 0 Å². The highest BCUT2D eigenvalue weighted by molar-refractivity contribution is 5.80. The molecule has 0 aliphatic heterocycles. The maximum atomic E-state index is 13.3. The van der Waals surface area contributed by atoms with Gasteiger partial charge in [-0.3, -0.25) is 9.36 Å². The van der Waals surface area contributed by atoms with E-state index in [1.54, 1.807) is 48.1 Å². The van der Waals surface area contributed by atoms with Crippen molar-refractivity contribution in [2.24, 2.45) is 0 Å². The van der Waals surface area contributed by atoms with E-state index in [1.807, 2.05) is 42.5 Å². The summed E-state index contributed by atoms with van der Waals surface area (Å²) in [5, 5.41) is 10.5. The largest absolute Gasteiger partial charge is 0.504 e. The number of hydrogen-bond donors (Lipinski definition) is 1. The molecule has 4 aromatic rings. The fourth-order valence-electron chi connectivity index (χ4n) is 3.24. The van der Waals surface area contributed by atoms with E-state index in [2.05, 4.69) is 4.98 Å². The molecule has 0 atom stereocenters. The Hall–Kier alpha value is -4.06. The van der Waals surface area contributed by atoms with Crippen LogP contribution in [0, 0.1) is 0 Å². The van der Waals surface area contributed by atoms with Crippen molar-refractivity contribution < 1.29 is 14.6 Å². The molecule has 0 fully saturated rings. The number of nitrogens with zero attached hydrogens (tertiary/aromatic N) is 2. The Balaban J connectivity index is 1.89. The zero-order chi connectivity index (χ0) is 21.1. The van der Waals surface area contributed by atoms with E-state index in [-0.39, 0.29) is 11.3 Å². The molecule has 0 spiro atoms. The van der Waals surface area contributed by atoms with E-state index in [4.69, 9.17) is 9.47 Å². The second-order valence-electron chi connectivity index (χ2n) is 6.59. The summed E-state index contributed by atoms with van der Waals surface area (Å²) in [5.74, 6) is 1.53. The molecule has 0 unspecified atom stereocenters. The first-order valence-corrected chi connectivity index (χ1v) is 9.32. The van der Waals surface area contributed by atoms with Gasteiger partial charge in [-0.2, -0.15) is 0 Å². The SMILES string of the molecule is COc1cccc(-n2c(C=Cc3ccc(OC)c(O)c3)nc3ccccc3c2=O)c1.